The van der Waals surface area contributed by atoms with Crippen molar-refractivity contribution in [1.29, 1.82) is 0 Å². The zero-order valence-corrected chi connectivity index (χ0v) is 12.3. The van der Waals surface area contributed by atoms with Gasteiger partial charge in [-0.05, 0) is 12.3 Å². The Morgan fingerprint density at radius 1 is 1.50 bits per heavy atom. The lowest BCUT2D eigenvalue weighted by atomic mass is 10.2. The lowest BCUT2D eigenvalue weighted by molar-refractivity contribution is -0.121. The fourth-order valence-corrected chi connectivity index (χ4v) is 1.59. The van der Waals surface area contributed by atoms with E-state index in [2.05, 4.69) is 34.8 Å². The summed E-state index contributed by atoms with van der Waals surface area (Å²) in [6.07, 6.45) is 2.99. The van der Waals surface area contributed by atoms with Gasteiger partial charge in [-0.15, -0.1) is 5.10 Å². The molecule has 0 aliphatic heterocycles. The second-order valence-corrected chi connectivity index (χ2v) is 5.17. The Balaban J connectivity index is 2.11. The van der Waals surface area contributed by atoms with E-state index in [1.165, 1.54) is 0 Å². The van der Waals surface area contributed by atoms with Crippen molar-refractivity contribution < 1.29 is 9.90 Å². The smallest absolute Gasteiger partial charge is 0.221 e. The first-order valence-electron chi connectivity index (χ1n) is 7.09. The van der Waals surface area contributed by atoms with Crippen molar-refractivity contribution in [3.63, 3.8) is 0 Å². The Labute approximate surface area is 119 Å². The number of rotatable bonds is 10. The molecule has 0 saturated carbocycles. The summed E-state index contributed by atoms with van der Waals surface area (Å²) in [5.41, 5.74) is 0.838. The average Bonchev–Trinajstić information content (AvgIpc) is 2.87. The molecule has 114 valence electrons. The number of nitrogens with zero attached hydrogens (tertiary/aromatic N) is 3. The molecule has 0 radical (unpaired) electrons. The van der Waals surface area contributed by atoms with Gasteiger partial charge in [0.2, 0.25) is 5.91 Å². The molecule has 1 aromatic rings. The van der Waals surface area contributed by atoms with Crippen molar-refractivity contribution in [2.24, 2.45) is 5.92 Å². The highest BCUT2D eigenvalue weighted by atomic mass is 16.3. The van der Waals surface area contributed by atoms with Crippen LogP contribution in [-0.2, 0) is 17.9 Å². The van der Waals surface area contributed by atoms with Crippen LogP contribution in [-0.4, -0.2) is 45.7 Å². The molecule has 1 heterocycles. The van der Waals surface area contributed by atoms with Gasteiger partial charge >= 0.3 is 0 Å². The van der Waals surface area contributed by atoms with Crippen LogP contribution in [0, 0.1) is 5.92 Å². The number of aryl methyl sites for hydroxylation is 1. The van der Waals surface area contributed by atoms with Gasteiger partial charge in [-0.2, -0.15) is 0 Å². The van der Waals surface area contributed by atoms with Gasteiger partial charge in [0.25, 0.3) is 0 Å². The van der Waals surface area contributed by atoms with Crippen molar-refractivity contribution >= 4 is 5.91 Å². The number of carbonyl (C=O) groups is 1. The van der Waals surface area contributed by atoms with E-state index < -0.39 is 0 Å². The fraction of sp³-hybridized carbons (Fsp3) is 0.769. The van der Waals surface area contributed by atoms with E-state index in [9.17, 15) is 4.79 Å². The molecule has 0 atom stereocenters. The Morgan fingerprint density at radius 2 is 2.30 bits per heavy atom. The predicted molar refractivity (Wildman–Crippen MR) is 75.9 cm³/mol. The van der Waals surface area contributed by atoms with Gasteiger partial charge in [-0.3, -0.25) is 9.48 Å². The summed E-state index contributed by atoms with van der Waals surface area (Å²) in [4.78, 5) is 11.5. The van der Waals surface area contributed by atoms with Gasteiger partial charge in [-0.1, -0.05) is 19.1 Å². The second kappa shape index (κ2) is 9.44. The van der Waals surface area contributed by atoms with E-state index in [4.69, 9.17) is 5.11 Å². The molecule has 1 aromatic heterocycles. The summed E-state index contributed by atoms with van der Waals surface area (Å²) in [7, 11) is 0. The SMILES string of the molecule is CC(C)CNC(=O)CCNCc1cn(CCCO)nn1. The van der Waals surface area contributed by atoms with Crippen LogP contribution in [0.15, 0.2) is 6.20 Å². The number of nitrogens with one attached hydrogen (secondary N) is 2. The molecule has 7 heteroatoms. The van der Waals surface area contributed by atoms with Crippen LogP contribution >= 0.6 is 0 Å². The molecular weight excluding hydrogens is 258 g/mol. The monoisotopic (exact) mass is 283 g/mol. The van der Waals surface area contributed by atoms with Crippen LogP contribution in [0.1, 0.15) is 32.4 Å². The summed E-state index contributed by atoms with van der Waals surface area (Å²) >= 11 is 0. The second-order valence-electron chi connectivity index (χ2n) is 5.17. The Morgan fingerprint density at radius 3 is 3.00 bits per heavy atom. The van der Waals surface area contributed by atoms with E-state index in [1.54, 1.807) is 4.68 Å². The Bertz CT molecular complexity index is 392. The molecule has 0 fully saturated rings. The fourth-order valence-electron chi connectivity index (χ4n) is 1.59. The molecule has 20 heavy (non-hydrogen) atoms. The first-order chi connectivity index (χ1) is 9.61. The number of hydrogen-bond acceptors (Lipinski definition) is 5. The van der Waals surface area contributed by atoms with Crippen LogP contribution in [0.4, 0.5) is 0 Å². The minimum atomic E-state index is 0.0674. The molecule has 7 nitrogen and oxygen atoms in total. The van der Waals surface area contributed by atoms with Crippen molar-refractivity contribution in [2.45, 2.75) is 39.8 Å². The summed E-state index contributed by atoms with van der Waals surface area (Å²) in [5, 5.41) is 22.7. The van der Waals surface area contributed by atoms with Crippen LogP contribution in [0.3, 0.4) is 0 Å². The number of aliphatic hydroxyl groups excluding tert-OH is 1. The highest BCUT2D eigenvalue weighted by Gasteiger charge is 2.03. The van der Waals surface area contributed by atoms with Crippen LogP contribution in [0.25, 0.3) is 0 Å². The maximum atomic E-state index is 11.5. The molecule has 0 bridgehead atoms. The lowest BCUT2D eigenvalue weighted by Crippen LogP contribution is -2.30. The molecule has 0 aromatic carbocycles. The Hall–Kier alpha value is -1.47. The third-order valence-electron chi connectivity index (χ3n) is 2.67. The van der Waals surface area contributed by atoms with Gasteiger partial charge in [0.15, 0.2) is 0 Å². The van der Waals surface area contributed by atoms with Gasteiger partial charge < -0.3 is 15.7 Å². The van der Waals surface area contributed by atoms with Crippen LogP contribution in [0.5, 0.6) is 0 Å². The van der Waals surface area contributed by atoms with E-state index in [1.807, 2.05) is 6.20 Å². The standard InChI is InChI=1S/C13H25N5O2/c1-11(2)8-15-13(20)4-5-14-9-12-10-18(17-16-12)6-3-7-19/h10-11,14,19H,3-9H2,1-2H3,(H,15,20). The summed E-state index contributed by atoms with van der Waals surface area (Å²) in [6, 6.07) is 0. The average molecular weight is 283 g/mol. The van der Waals surface area contributed by atoms with Crippen LogP contribution < -0.4 is 10.6 Å². The van der Waals surface area contributed by atoms with E-state index >= 15 is 0 Å². The normalized spacial score (nSPS) is 11.0. The molecule has 1 amide bonds. The summed E-state index contributed by atoms with van der Waals surface area (Å²) in [5.74, 6) is 0.540. The van der Waals surface area contributed by atoms with Crippen molar-refractivity contribution in [3.8, 4) is 0 Å². The lowest BCUT2D eigenvalue weighted by Gasteiger charge is -2.07. The molecule has 0 unspecified atom stereocenters. The first-order valence-corrected chi connectivity index (χ1v) is 7.09. The Kier molecular flexibility index (Phi) is 7.82. The molecule has 0 aliphatic carbocycles. The van der Waals surface area contributed by atoms with Crippen LogP contribution in [0.2, 0.25) is 0 Å². The summed E-state index contributed by atoms with van der Waals surface area (Å²) in [6.45, 7) is 6.89. The molecule has 0 saturated heterocycles. The highest BCUT2D eigenvalue weighted by Crippen LogP contribution is 1.94. The summed E-state index contributed by atoms with van der Waals surface area (Å²) < 4.78 is 1.71. The van der Waals surface area contributed by atoms with E-state index in [0.717, 1.165) is 12.2 Å². The zero-order chi connectivity index (χ0) is 14.8. The first kappa shape index (κ1) is 16.6. The maximum absolute atomic E-state index is 11.5. The number of carbonyl (C=O) groups excluding carboxylic acids is 1. The predicted octanol–water partition coefficient (Wildman–Crippen LogP) is -0.0876. The molecule has 3 N–H and O–H groups in total. The molecule has 0 aliphatic rings. The topological polar surface area (TPSA) is 92.1 Å². The molecule has 1 rings (SSSR count). The number of aliphatic hydroxyl groups is 1. The third kappa shape index (κ3) is 7.20. The maximum Gasteiger partial charge on any atom is 0.221 e. The van der Waals surface area contributed by atoms with Gasteiger partial charge in [0.05, 0.1) is 5.69 Å². The molecular formula is C13H25N5O2. The molecule has 0 spiro atoms. The van der Waals surface area contributed by atoms with Crippen molar-refractivity contribution in [3.05, 3.63) is 11.9 Å². The number of aromatic nitrogens is 3. The number of amides is 1. The van der Waals surface area contributed by atoms with Gasteiger partial charge in [0.1, 0.15) is 0 Å². The van der Waals surface area contributed by atoms with Gasteiger partial charge in [-0.25, -0.2) is 0 Å². The zero-order valence-electron chi connectivity index (χ0n) is 12.3. The largest absolute Gasteiger partial charge is 0.396 e. The van der Waals surface area contributed by atoms with Crippen molar-refractivity contribution in [2.75, 3.05) is 19.7 Å². The van der Waals surface area contributed by atoms with Crippen molar-refractivity contribution in [1.82, 2.24) is 25.6 Å². The quantitative estimate of drug-likeness (QED) is 0.522. The van der Waals surface area contributed by atoms with E-state index in [-0.39, 0.29) is 12.5 Å². The third-order valence-corrected chi connectivity index (χ3v) is 2.67. The number of hydrogen-bond donors (Lipinski definition) is 3. The minimum Gasteiger partial charge on any atom is -0.396 e. The van der Waals surface area contributed by atoms with Gasteiger partial charge in [0, 0.05) is 45.4 Å². The van der Waals surface area contributed by atoms with E-state index in [0.29, 0.717) is 38.4 Å². The minimum absolute atomic E-state index is 0.0674. The highest BCUT2D eigenvalue weighted by molar-refractivity contribution is 5.76.